The van der Waals surface area contributed by atoms with Gasteiger partial charge in [0.05, 0.1) is 39.3 Å². The highest BCUT2D eigenvalue weighted by Crippen LogP contribution is 2.36. The summed E-state index contributed by atoms with van der Waals surface area (Å²) >= 11 is 0. The van der Waals surface area contributed by atoms with Crippen molar-refractivity contribution in [3.05, 3.63) is 152 Å². The molecule has 7 nitrogen and oxygen atoms in total. The SMILES string of the molecule is c1ccc(-c2ccc3ccc4ccc(-c5ccc(-c6cccc7nc(-c8ccccn8)nc(-c8ccccn8)c67)cc5)nc4c3n2)nc1. The summed E-state index contributed by atoms with van der Waals surface area (Å²) in [6.45, 7) is 0. The summed E-state index contributed by atoms with van der Waals surface area (Å²) in [5.41, 5.74) is 10.4. The van der Waals surface area contributed by atoms with Crippen molar-refractivity contribution in [2.45, 2.75) is 0 Å². The van der Waals surface area contributed by atoms with Gasteiger partial charge in [0.1, 0.15) is 11.4 Å². The minimum absolute atomic E-state index is 0.563. The molecule has 0 aliphatic carbocycles. The number of nitrogens with zero attached hydrogens (tertiary/aromatic N) is 7. The van der Waals surface area contributed by atoms with Crippen molar-refractivity contribution in [1.29, 1.82) is 0 Å². The van der Waals surface area contributed by atoms with E-state index in [2.05, 4.69) is 75.6 Å². The predicted molar refractivity (Wildman–Crippen MR) is 191 cm³/mol. The van der Waals surface area contributed by atoms with Crippen LogP contribution in [0.4, 0.5) is 0 Å². The van der Waals surface area contributed by atoms with Gasteiger partial charge in [-0.25, -0.2) is 19.9 Å². The van der Waals surface area contributed by atoms with Gasteiger partial charge in [0.15, 0.2) is 5.82 Å². The molecule has 224 valence electrons. The van der Waals surface area contributed by atoms with Crippen LogP contribution in [-0.4, -0.2) is 34.9 Å². The average Bonchev–Trinajstić information content (AvgIpc) is 3.18. The molecule has 3 aromatic carbocycles. The normalized spacial score (nSPS) is 11.3. The first-order valence-corrected chi connectivity index (χ1v) is 15.6. The number of fused-ring (bicyclic) bond motifs is 4. The largest absolute Gasteiger partial charge is 0.255 e. The van der Waals surface area contributed by atoms with E-state index in [1.165, 1.54) is 0 Å². The highest BCUT2D eigenvalue weighted by molar-refractivity contribution is 6.05. The number of hydrogen-bond acceptors (Lipinski definition) is 7. The molecule has 0 aliphatic rings. The molecule has 9 rings (SSSR count). The number of aromatic nitrogens is 7. The Bertz CT molecular complexity index is 2590. The fourth-order valence-electron chi connectivity index (χ4n) is 6.13. The standard InChI is InChI=1S/C41H25N7/c1-4-23-42-32(9-1)33-22-20-29-18-17-28-19-21-31(45-38(28)39(29)46-33)27-15-13-26(14-16-27)30-8-7-12-34-37(30)40(35-10-2-5-24-43-35)48-41(47-34)36-11-3-6-25-44-36/h1-25H. The van der Waals surface area contributed by atoms with Crippen molar-refractivity contribution < 1.29 is 0 Å². The average molecular weight is 616 g/mol. The molecule has 6 aromatic heterocycles. The topological polar surface area (TPSA) is 90.2 Å². The van der Waals surface area contributed by atoms with Gasteiger partial charge in [-0.05, 0) is 65.7 Å². The van der Waals surface area contributed by atoms with Gasteiger partial charge in [-0.3, -0.25) is 15.0 Å². The first kappa shape index (κ1) is 27.6. The zero-order valence-corrected chi connectivity index (χ0v) is 25.6. The molecule has 7 heteroatoms. The third-order valence-corrected chi connectivity index (χ3v) is 8.46. The van der Waals surface area contributed by atoms with Crippen LogP contribution >= 0.6 is 0 Å². The van der Waals surface area contributed by atoms with Crippen molar-refractivity contribution in [2.75, 3.05) is 0 Å². The Morgan fingerprint density at radius 2 is 0.938 bits per heavy atom. The molecule has 0 bridgehead atoms. The van der Waals surface area contributed by atoms with E-state index in [-0.39, 0.29) is 0 Å². The summed E-state index contributed by atoms with van der Waals surface area (Å²) in [6.07, 6.45) is 5.33. The van der Waals surface area contributed by atoms with Crippen molar-refractivity contribution in [3.63, 3.8) is 0 Å². The lowest BCUT2D eigenvalue weighted by molar-refractivity contribution is 1.16. The third kappa shape index (κ3) is 4.91. The zero-order valence-electron chi connectivity index (χ0n) is 25.6. The quantitative estimate of drug-likeness (QED) is 0.178. The van der Waals surface area contributed by atoms with Crippen LogP contribution in [0.2, 0.25) is 0 Å². The molecule has 9 aromatic rings. The Hall–Kier alpha value is -6.73. The van der Waals surface area contributed by atoms with Gasteiger partial charge in [0, 0.05) is 40.3 Å². The van der Waals surface area contributed by atoms with E-state index in [9.17, 15) is 0 Å². The molecular formula is C41H25N7. The summed E-state index contributed by atoms with van der Waals surface area (Å²) in [5, 5.41) is 3.01. The number of hydrogen-bond donors (Lipinski definition) is 0. The number of benzene rings is 3. The van der Waals surface area contributed by atoms with Crippen LogP contribution in [0.1, 0.15) is 0 Å². The fraction of sp³-hybridized carbons (Fsp3) is 0. The van der Waals surface area contributed by atoms with Crippen molar-refractivity contribution in [3.8, 4) is 56.7 Å². The maximum absolute atomic E-state index is 5.14. The Kier molecular flexibility index (Phi) is 6.64. The van der Waals surface area contributed by atoms with Crippen LogP contribution in [0, 0.1) is 0 Å². The molecule has 0 aliphatic heterocycles. The van der Waals surface area contributed by atoms with E-state index < -0.39 is 0 Å². The molecule has 0 saturated carbocycles. The summed E-state index contributed by atoms with van der Waals surface area (Å²) < 4.78 is 0. The number of pyridine rings is 5. The predicted octanol–water partition coefficient (Wildman–Crippen LogP) is 9.25. The maximum Gasteiger partial charge on any atom is 0.179 e. The first-order chi connectivity index (χ1) is 23.8. The monoisotopic (exact) mass is 615 g/mol. The molecule has 0 atom stereocenters. The molecule has 48 heavy (non-hydrogen) atoms. The van der Waals surface area contributed by atoms with Gasteiger partial charge in [-0.1, -0.05) is 78.9 Å². The van der Waals surface area contributed by atoms with Crippen molar-refractivity contribution in [2.24, 2.45) is 0 Å². The van der Waals surface area contributed by atoms with Crippen molar-refractivity contribution in [1.82, 2.24) is 34.9 Å². The second-order valence-electron chi connectivity index (χ2n) is 11.4. The molecule has 0 spiro atoms. The second kappa shape index (κ2) is 11.6. The minimum Gasteiger partial charge on any atom is -0.255 e. The Morgan fingerprint density at radius 1 is 0.354 bits per heavy atom. The third-order valence-electron chi connectivity index (χ3n) is 8.46. The highest BCUT2D eigenvalue weighted by atomic mass is 14.9. The van der Waals surface area contributed by atoms with Crippen LogP contribution in [0.3, 0.4) is 0 Å². The molecule has 0 saturated heterocycles. The van der Waals surface area contributed by atoms with Gasteiger partial charge in [0.25, 0.3) is 0 Å². The van der Waals surface area contributed by atoms with Crippen LogP contribution < -0.4 is 0 Å². The van der Waals surface area contributed by atoms with Gasteiger partial charge >= 0.3 is 0 Å². The summed E-state index contributed by atoms with van der Waals surface area (Å²) in [4.78, 5) is 33.8. The van der Waals surface area contributed by atoms with E-state index in [1.54, 1.807) is 18.6 Å². The van der Waals surface area contributed by atoms with Crippen LogP contribution in [-0.2, 0) is 0 Å². The smallest absolute Gasteiger partial charge is 0.179 e. The van der Waals surface area contributed by atoms with Crippen LogP contribution in [0.5, 0.6) is 0 Å². The minimum atomic E-state index is 0.563. The van der Waals surface area contributed by atoms with E-state index in [0.717, 1.165) is 77.9 Å². The van der Waals surface area contributed by atoms with Gasteiger partial charge in [0.2, 0.25) is 0 Å². The Labute approximate surface area is 275 Å². The first-order valence-electron chi connectivity index (χ1n) is 15.6. The van der Waals surface area contributed by atoms with Crippen molar-refractivity contribution >= 4 is 32.7 Å². The van der Waals surface area contributed by atoms with Gasteiger partial charge < -0.3 is 0 Å². The van der Waals surface area contributed by atoms with E-state index >= 15 is 0 Å². The molecule has 0 radical (unpaired) electrons. The Balaban J connectivity index is 1.15. The molecular weight excluding hydrogens is 591 g/mol. The fourth-order valence-corrected chi connectivity index (χ4v) is 6.13. The van der Waals surface area contributed by atoms with Crippen LogP contribution in [0.25, 0.3) is 89.4 Å². The molecule has 0 amide bonds. The lowest BCUT2D eigenvalue weighted by Crippen LogP contribution is -1.98. The lowest BCUT2D eigenvalue weighted by Gasteiger charge is -2.13. The summed E-state index contributed by atoms with van der Waals surface area (Å²) in [6, 6.07) is 44.6. The number of rotatable bonds is 5. The highest BCUT2D eigenvalue weighted by Gasteiger charge is 2.17. The second-order valence-corrected chi connectivity index (χ2v) is 11.4. The zero-order chi connectivity index (χ0) is 31.9. The van der Waals surface area contributed by atoms with Gasteiger partial charge in [-0.15, -0.1) is 0 Å². The van der Waals surface area contributed by atoms with Gasteiger partial charge in [-0.2, -0.15) is 0 Å². The molecule has 0 N–H and O–H groups in total. The maximum atomic E-state index is 5.14. The van der Waals surface area contributed by atoms with E-state index in [4.69, 9.17) is 19.9 Å². The van der Waals surface area contributed by atoms with E-state index in [0.29, 0.717) is 11.5 Å². The lowest BCUT2D eigenvalue weighted by atomic mass is 9.96. The van der Waals surface area contributed by atoms with E-state index in [1.807, 2.05) is 72.8 Å². The summed E-state index contributed by atoms with van der Waals surface area (Å²) in [7, 11) is 0. The van der Waals surface area contributed by atoms with Crippen LogP contribution in [0.15, 0.2) is 152 Å². The molecule has 0 fully saturated rings. The molecule has 0 unspecified atom stereocenters. The Morgan fingerprint density at radius 3 is 1.60 bits per heavy atom. The molecule has 6 heterocycles. The summed E-state index contributed by atoms with van der Waals surface area (Å²) in [5.74, 6) is 0.563.